The van der Waals surface area contributed by atoms with Gasteiger partial charge in [0.2, 0.25) is 5.72 Å². The van der Waals surface area contributed by atoms with Crippen molar-refractivity contribution in [1.29, 1.82) is 0 Å². The number of unbranched alkanes of at least 4 members (excludes halogenated alkanes) is 2. The fourth-order valence-electron chi connectivity index (χ4n) is 3.13. The van der Waals surface area contributed by atoms with E-state index in [1.54, 1.807) is 0 Å². The Bertz CT molecular complexity index is 920. The van der Waals surface area contributed by atoms with Gasteiger partial charge in [-0.05, 0) is 24.4 Å². The Morgan fingerprint density at radius 2 is 2.00 bits per heavy atom. The second kappa shape index (κ2) is 11.4. The monoisotopic (exact) mass is 454 g/mol. The highest BCUT2D eigenvalue weighted by atomic mass is 19.1. The minimum absolute atomic E-state index is 0.00357. The van der Waals surface area contributed by atoms with Crippen LogP contribution in [0.25, 0.3) is 10.4 Å². The molecule has 1 aliphatic heterocycles. The standard InChI is InChI=1S/C19H27FN6O6/c1-3-5-7-13(27)30-11-19(24-25-22)16(31-14(28)8-6-4-2)15(20)17(32-19)26-10-9-12(21)23-18(26)29/h9-10,15-17H,3-8,11H2,1-2H3,(H2,21,23,29)/t15-,16+,17-,19?/m1/s1. The topological polar surface area (TPSA) is 171 Å². The summed E-state index contributed by atoms with van der Waals surface area (Å²) in [4.78, 5) is 42.7. The number of hydrogen-bond acceptors (Lipinski definition) is 9. The lowest BCUT2D eigenvalue weighted by Gasteiger charge is -2.28. The molecule has 12 nitrogen and oxygen atoms in total. The van der Waals surface area contributed by atoms with Crippen LogP contribution in [0.4, 0.5) is 10.2 Å². The number of hydrogen-bond donors (Lipinski definition) is 1. The van der Waals surface area contributed by atoms with Crippen LogP contribution in [0.2, 0.25) is 0 Å². The summed E-state index contributed by atoms with van der Waals surface area (Å²) in [5.41, 5.74) is 11.4. The molecule has 13 heteroatoms. The van der Waals surface area contributed by atoms with E-state index < -0.39 is 48.5 Å². The van der Waals surface area contributed by atoms with Crippen molar-refractivity contribution in [1.82, 2.24) is 9.55 Å². The average molecular weight is 454 g/mol. The maximum absolute atomic E-state index is 15.5. The molecule has 32 heavy (non-hydrogen) atoms. The number of esters is 2. The second-order valence-corrected chi connectivity index (χ2v) is 7.31. The summed E-state index contributed by atoms with van der Waals surface area (Å²) >= 11 is 0. The lowest BCUT2D eigenvalue weighted by molar-refractivity contribution is -0.177. The summed E-state index contributed by atoms with van der Waals surface area (Å²) in [6.07, 6.45) is -1.84. The summed E-state index contributed by atoms with van der Waals surface area (Å²) in [5, 5.41) is 3.50. The molecule has 1 unspecified atom stereocenters. The number of carbonyl (C=O) groups is 2. The van der Waals surface area contributed by atoms with Crippen LogP contribution in [-0.4, -0.2) is 46.1 Å². The van der Waals surface area contributed by atoms with Crippen LogP contribution in [0.5, 0.6) is 0 Å². The van der Waals surface area contributed by atoms with Crippen LogP contribution in [0.1, 0.15) is 58.6 Å². The van der Waals surface area contributed by atoms with E-state index in [4.69, 9.17) is 25.5 Å². The van der Waals surface area contributed by atoms with E-state index in [1.807, 2.05) is 13.8 Å². The molecule has 1 saturated heterocycles. The largest absolute Gasteiger partial charge is 0.462 e. The Hall–Kier alpha value is -3.18. The Morgan fingerprint density at radius 3 is 2.59 bits per heavy atom. The van der Waals surface area contributed by atoms with Crippen LogP contribution in [-0.2, 0) is 23.8 Å². The number of nitrogens with zero attached hydrogens (tertiary/aromatic N) is 5. The predicted octanol–water partition coefficient (Wildman–Crippen LogP) is 2.53. The van der Waals surface area contributed by atoms with Crippen LogP contribution in [0.15, 0.2) is 22.2 Å². The van der Waals surface area contributed by atoms with E-state index in [1.165, 1.54) is 6.07 Å². The number of azide groups is 1. The molecule has 1 aromatic heterocycles. The first-order valence-electron chi connectivity index (χ1n) is 10.4. The van der Waals surface area contributed by atoms with E-state index in [0.717, 1.165) is 17.2 Å². The quantitative estimate of drug-likeness (QED) is 0.230. The SMILES string of the molecule is CCCCC(=O)OCC1(N=[N+]=[N-])O[C@@H](n2ccc(N)nc2=O)[C@H](F)[C@@H]1OC(=O)CCCC. The number of anilines is 1. The van der Waals surface area contributed by atoms with Gasteiger partial charge >= 0.3 is 17.6 Å². The molecular formula is C19H27FN6O6. The molecule has 0 amide bonds. The van der Waals surface area contributed by atoms with Gasteiger partial charge in [-0.2, -0.15) is 4.98 Å². The van der Waals surface area contributed by atoms with E-state index in [2.05, 4.69) is 15.0 Å². The zero-order valence-corrected chi connectivity index (χ0v) is 18.0. The highest BCUT2D eigenvalue weighted by Gasteiger charge is 2.60. The summed E-state index contributed by atoms with van der Waals surface area (Å²) < 4.78 is 32.3. The van der Waals surface area contributed by atoms with Gasteiger partial charge in [0, 0.05) is 24.0 Å². The van der Waals surface area contributed by atoms with Crippen LogP contribution >= 0.6 is 0 Å². The molecule has 0 saturated carbocycles. The molecule has 2 N–H and O–H groups in total. The molecule has 176 valence electrons. The summed E-state index contributed by atoms with van der Waals surface area (Å²) in [6, 6.07) is 1.25. The van der Waals surface area contributed by atoms with Gasteiger partial charge in [-0.1, -0.05) is 31.8 Å². The number of halogens is 1. The summed E-state index contributed by atoms with van der Waals surface area (Å²) in [7, 11) is 0. The van der Waals surface area contributed by atoms with Crippen molar-refractivity contribution in [3.63, 3.8) is 0 Å². The molecule has 1 aliphatic rings. The average Bonchev–Trinajstić information content (AvgIpc) is 3.01. The van der Waals surface area contributed by atoms with Crippen molar-refractivity contribution < 1.29 is 28.2 Å². The minimum Gasteiger partial charge on any atom is -0.462 e. The number of alkyl halides is 1. The Morgan fingerprint density at radius 1 is 1.34 bits per heavy atom. The van der Waals surface area contributed by atoms with Crippen molar-refractivity contribution in [3.8, 4) is 0 Å². The summed E-state index contributed by atoms with van der Waals surface area (Å²) in [5.74, 6) is -1.46. The fourth-order valence-corrected chi connectivity index (χ4v) is 3.13. The van der Waals surface area contributed by atoms with E-state index in [9.17, 15) is 14.4 Å². The highest BCUT2D eigenvalue weighted by molar-refractivity contribution is 5.70. The molecule has 0 aromatic carbocycles. The predicted molar refractivity (Wildman–Crippen MR) is 110 cm³/mol. The second-order valence-electron chi connectivity index (χ2n) is 7.31. The zero-order chi connectivity index (χ0) is 23.7. The Labute approximate surface area is 183 Å². The van der Waals surface area contributed by atoms with Gasteiger partial charge in [-0.3, -0.25) is 14.2 Å². The van der Waals surface area contributed by atoms with Gasteiger partial charge in [-0.15, -0.1) is 0 Å². The number of carbonyl (C=O) groups excluding carboxylic acids is 2. The molecule has 0 spiro atoms. The van der Waals surface area contributed by atoms with Gasteiger partial charge in [0.1, 0.15) is 12.4 Å². The van der Waals surface area contributed by atoms with Crippen LogP contribution < -0.4 is 11.4 Å². The Balaban J connectivity index is 2.39. The molecule has 2 heterocycles. The zero-order valence-electron chi connectivity index (χ0n) is 18.0. The molecular weight excluding hydrogens is 427 g/mol. The van der Waals surface area contributed by atoms with Crippen molar-refractivity contribution in [2.24, 2.45) is 5.11 Å². The highest BCUT2D eigenvalue weighted by Crippen LogP contribution is 2.42. The van der Waals surface area contributed by atoms with E-state index in [0.29, 0.717) is 19.3 Å². The van der Waals surface area contributed by atoms with Gasteiger partial charge in [0.05, 0.1) is 0 Å². The first-order valence-corrected chi connectivity index (χ1v) is 10.4. The van der Waals surface area contributed by atoms with Gasteiger partial charge in [-0.25, -0.2) is 9.18 Å². The van der Waals surface area contributed by atoms with Gasteiger partial charge < -0.3 is 19.9 Å². The molecule has 2 rings (SSSR count). The van der Waals surface area contributed by atoms with Crippen LogP contribution in [0, 0.1) is 0 Å². The normalized spacial score (nSPS) is 24.5. The molecule has 0 bridgehead atoms. The lowest BCUT2D eigenvalue weighted by Crippen LogP contribution is -2.47. The lowest BCUT2D eigenvalue weighted by atomic mass is 10.1. The van der Waals surface area contributed by atoms with Crippen LogP contribution in [0.3, 0.4) is 0 Å². The smallest absolute Gasteiger partial charge is 0.351 e. The molecule has 1 fully saturated rings. The van der Waals surface area contributed by atoms with Crippen molar-refractivity contribution in [2.45, 2.75) is 76.6 Å². The first kappa shape index (κ1) is 25.1. The molecule has 0 aliphatic carbocycles. The fraction of sp³-hybridized carbons (Fsp3) is 0.684. The third kappa shape index (κ3) is 5.95. The number of nitrogen functional groups attached to an aromatic ring is 1. The summed E-state index contributed by atoms with van der Waals surface area (Å²) in [6.45, 7) is 3.04. The van der Waals surface area contributed by atoms with Crippen molar-refractivity contribution >= 4 is 17.8 Å². The van der Waals surface area contributed by atoms with Gasteiger partial charge in [0.25, 0.3) is 0 Å². The minimum atomic E-state index is -2.22. The number of ether oxygens (including phenoxy) is 3. The third-order valence-electron chi connectivity index (χ3n) is 4.84. The third-order valence-corrected chi connectivity index (χ3v) is 4.84. The first-order chi connectivity index (χ1) is 15.3. The molecule has 0 radical (unpaired) electrons. The number of nitrogens with two attached hydrogens (primary N) is 1. The van der Waals surface area contributed by atoms with Crippen molar-refractivity contribution in [3.05, 3.63) is 33.2 Å². The van der Waals surface area contributed by atoms with E-state index in [-0.39, 0.29) is 18.7 Å². The Kier molecular flexibility index (Phi) is 8.97. The number of rotatable bonds is 11. The number of aromatic nitrogens is 2. The van der Waals surface area contributed by atoms with E-state index >= 15 is 4.39 Å². The van der Waals surface area contributed by atoms with Crippen molar-refractivity contribution in [2.75, 3.05) is 12.3 Å². The van der Waals surface area contributed by atoms with Gasteiger partial charge in [0.15, 0.2) is 18.5 Å². The molecule has 4 atom stereocenters. The maximum Gasteiger partial charge on any atom is 0.351 e. The molecule has 1 aromatic rings. The maximum atomic E-state index is 15.5.